The average Bonchev–Trinajstić information content (AvgIpc) is 2.74. The fourth-order valence-corrected chi connectivity index (χ4v) is 4.06. The third-order valence-corrected chi connectivity index (χ3v) is 5.81. The summed E-state index contributed by atoms with van der Waals surface area (Å²) >= 11 is 0. The van der Waals surface area contributed by atoms with Crippen LogP contribution in [-0.4, -0.2) is 29.7 Å². The van der Waals surface area contributed by atoms with Gasteiger partial charge in [-0.15, -0.1) is 0 Å². The van der Waals surface area contributed by atoms with Crippen molar-refractivity contribution < 1.29 is 22.6 Å². The standard InChI is InChI=1S/C22H23NO5S/c1-26-20-11-9-18(14-17(20)13-16-7-5-4-6-8-16)23-29(24,25)19-10-12-21(27-2)22(15-19)28-3/h4-12,14-15,23H,13H2,1-3H3. The molecule has 29 heavy (non-hydrogen) atoms. The first kappa shape index (κ1) is 20.5. The summed E-state index contributed by atoms with van der Waals surface area (Å²) in [7, 11) is 0.743. The van der Waals surface area contributed by atoms with Crippen molar-refractivity contribution in [2.45, 2.75) is 11.3 Å². The molecule has 0 bridgehead atoms. The lowest BCUT2D eigenvalue weighted by Crippen LogP contribution is -2.13. The van der Waals surface area contributed by atoms with Crippen LogP contribution < -0.4 is 18.9 Å². The number of sulfonamides is 1. The summed E-state index contributed by atoms with van der Waals surface area (Å²) in [6.07, 6.45) is 0.621. The molecule has 0 atom stereocenters. The summed E-state index contributed by atoms with van der Waals surface area (Å²) in [5, 5.41) is 0. The van der Waals surface area contributed by atoms with Gasteiger partial charge in [0.2, 0.25) is 0 Å². The quantitative estimate of drug-likeness (QED) is 0.602. The van der Waals surface area contributed by atoms with Crippen LogP contribution in [0.15, 0.2) is 71.6 Å². The molecule has 0 heterocycles. The molecule has 0 aliphatic rings. The molecule has 152 valence electrons. The maximum Gasteiger partial charge on any atom is 0.262 e. The van der Waals surface area contributed by atoms with Crippen molar-refractivity contribution in [3.8, 4) is 17.2 Å². The Morgan fingerprint density at radius 3 is 2.07 bits per heavy atom. The van der Waals surface area contributed by atoms with Gasteiger partial charge in [0.25, 0.3) is 10.0 Å². The van der Waals surface area contributed by atoms with Gasteiger partial charge in [-0.05, 0) is 35.9 Å². The number of methoxy groups -OCH3 is 3. The van der Waals surface area contributed by atoms with E-state index >= 15 is 0 Å². The Balaban J connectivity index is 1.90. The maximum atomic E-state index is 12.9. The highest BCUT2D eigenvalue weighted by Gasteiger charge is 2.18. The molecule has 0 aliphatic heterocycles. The first-order valence-electron chi connectivity index (χ1n) is 8.92. The van der Waals surface area contributed by atoms with Gasteiger partial charge in [0.15, 0.2) is 11.5 Å². The molecule has 0 unspecified atom stereocenters. The largest absolute Gasteiger partial charge is 0.496 e. The summed E-state index contributed by atoms with van der Waals surface area (Å²) < 4.78 is 44.1. The van der Waals surface area contributed by atoms with Crippen LogP contribution in [0.3, 0.4) is 0 Å². The Labute approximate surface area is 171 Å². The number of nitrogens with one attached hydrogen (secondary N) is 1. The lowest BCUT2D eigenvalue weighted by molar-refractivity contribution is 0.354. The van der Waals surface area contributed by atoms with Gasteiger partial charge >= 0.3 is 0 Å². The minimum Gasteiger partial charge on any atom is -0.496 e. The van der Waals surface area contributed by atoms with Crippen molar-refractivity contribution in [3.63, 3.8) is 0 Å². The smallest absolute Gasteiger partial charge is 0.262 e. The van der Waals surface area contributed by atoms with Crippen LogP contribution in [0.25, 0.3) is 0 Å². The van der Waals surface area contributed by atoms with Crippen molar-refractivity contribution in [2.24, 2.45) is 0 Å². The number of anilines is 1. The highest BCUT2D eigenvalue weighted by Crippen LogP contribution is 2.31. The zero-order valence-electron chi connectivity index (χ0n) is 16.5. The monoisotopic (exact) mass is 413 g/mol. The Morgan fingerprint density at radius 2 is 1.41 bits per heavy atom. The first-order chi connectivity index (χ1) is 14.0. The number of ether oxygens (including phenoxy) is 3. The molecule has 0 fully saturated rings. The zero-order valence-corrected chi connectivity index (χ0v) is 17.3. The van der Waals surface area contributed by atoms with E-state index in [1.54, 1.807) is 31.4 Å². The molecular formula is C22H23NO5S. The van der Waals surface area contributed by atoms with E-state index < -0.39 is 10.0 Å². The molecule has 0 saturated carbocycles. The van der Waals surface area contributed by atoms with Gasteiger partial charge in [-0.25, -0.2) is 8.42 Å². The molecule has 3 rings (SSSR count). The fraction of sp³-hybridized carbons (Fsp3) is 0.182. The van der Waals surface area contributed by atoms with Crippen LogP contribution in [-0.2, 0) is 16.4 Å². The van der Waals surface area contributed by atoms with Gasteiger partial charge in [-0.2, -0.15) is 0 Å². The molecule has 0 aliphatic carbocycles. The van der Waals surface area contributed by atoms with E-state index in [2.05, 4.69) is 4.72 Å². The molecule has 3 aromatic rings. The normalized spacial score (nSPS) is 11.0. The van der Waals surface area contributed by atoms with Crippen LogP contribution in [0.1, 0.15) is 11.1 Å². The van der Waals surface area contributed by atoms with E-state index in [1.807, 2.05) is 30.3 Å². The van der Waals surface area contributed by atoms with Crippen LogP contribution >= 0.6 is 0 Å². The minimum absolute atomic E-state index is 0.0792. The second-order valence-electron chi connectivity index (χ2n) is 6.31. The molecular weight excluding hydrogens is 390 g/mol. The summed E-state index contributed by atoms with van der Waals surface area (Å²) in [4.78, 5) is 0.0792. The van der Waals surface area contributed by atoms with Crippen LogP contribution in [0.2, 0.25) is 0 Å². The van der Waals surface area contributed by atoms with Gasteiger partial charge < -0.3 is 14.2 Å². The number of rotatable bonds is 8. The first-order valence-corrected chi connectivity index (χ1v) is 10.4. The van der Waals surface area contributed by atoms with Gasteiger partial charge in [-0.3, -0.25) is 4.72 Å². The SMILES string of the molecule is COc1ccc(NS(=O)(=O)c2ccc(OC)c(OC)c2)cc1Cc1ccccc1. The van der Waals surface area contributed by atoms with Gasteiger partial charge in [0.1, 0.15) is 5.75 Å². The molecule has 6 nitrogen and oxygen atoms in total. The topological polar surface area (TPSA) is 73.9 Å². The Morgan fingerprint density at radius 1 is 0.759 bits per heavy atom. The zero-order chi connectivity index (χ0) is 20.9. The van der Waals surface area contributed by atoms with E-state index in [0.717, 1.165) is 11.1 Å². The minimum atomic E-state index is -3.81. The molecule has 1 N–H and O–H groups in total. The Kier molecular flexibility index (Phi) is 6.29. The summed E-state index contributed by atoms with van der Waals surface area (Å²) in [5.41, 5.74) is 2.43. The van der Waals surface area contributed by atoms with Gasteiger partial charge in [-0.1, -0.05) is 30.3 Å². The Bertz CT molecular complexity index is 1080. The van der Waals surface area contributed by atoms with Crippen molar-refractivity contribution in [2.75, 3.05) is 26.1 Å². The average molecular weight is 413 g/mol. The van der Waals surface area contributed by atoms with Gasteiger partial charge in [0.05, 0.1) is 26.2 Å². The van der Waals surface area contributed by atoms with Crippen LogP contribution in [0, 0.1) is 0 Å². The number of hydrogen-bond acceptors (Lipinski definition) is 5. The van der Waals surface area contributed by atoms with Crippen molar-refractivity contribution >= 4 is 15.7 Å². The summed E-state index contributed by atoms with van der Waals surface area (Å²) in [6, 6.07) is 19.6. The predicted octanol–water partition coefficient (Wildman–Crippen LogP) is 4.10. The van der Waals surface area contributed by atoms with E-state index in [1.165, 1.54) is 26.4 Å². The second kappa shape index (κ2) is 8.87. The summed E-state index contributed by atoms with van der Waals surface area (Å²) in [5.74, 6) is 1.50. The van der Waals surface area contributed by atoms with E-state index in [4.69, 9.17) is 14.2 Å². The van der Waals surface area contributed by atoms with Crippen molar-refractivity contribution in [1.82, 2.24) is 0 Å². The van der Waals surface area contributed by atoms with E-state index in [9.17, 15) is 8.42 Å². The molecule has 0 radical (unpaired) electrons. The van der Waals surface area contributed by atoms with Crippen LogP contribution in [0.4, 0.5) is 5.69 Å². The predicted molar refractivity (Wildman–Crippen MR) is 113 cm³/mol. The highest BCUT2D eigenvalue weighted by molar-refractivity contribution is 7.92. The molecule has 7 heteroatoms. The number of hydrogen-bond donors (Lipinski definition) is 1. The Hall–Kier alpha value is -3.19. The molecule has 0 aromatic heterocycles. The van der Waals surface area contributed by atoms with Gasteiger partial charge in [0, 0.05) is 23.7 Å². The molecule has 0 amide bonds. The van der Waals surface area contributed by atoms with Crippen molar-refractivity contribution in [3.05, 3.63) is 77.9 Å². The fourth-order valence-electron chi connectivity index (χ4n) is 2.99. The maximum absolute atomic E-state index is 12.9. The lowest BCUT2D eigenvalue weighted by Gasteiger charge is -2.14. The number of benzene rings is 3. The van der Waals surface area contributed by atoms with Crippen molar-refractivity contribution in [1.29, 1.82) is 0 Å². The highest BCUT2D eigenvalue weighted by atomic mass is 32.2. The second-order valence-corrected chi connectivity index (χ2v) is 7.99. The van der Waals surface area contributed by atoms with E-state index in [-0.39, 0.29) is 4.90 Å². The van der Waals surface area contributed by atoms with Crippen LogP contribution in [0.5, 0.6) is 17.2 Å². The molecule has 3 aromatic carbocycles. The molecule has 0 spiro atoms. The lowest BCUT2D eigenvalue weighted by atomic mass is 10.0. The summed E-state index contributed by atoms with van der Waals surface area (Å²) in [6.45, 7) is 0. The third kappa shape index (κ3) is 4.81. The van der Waals surface area contributed by atoms with E-state index in [0.29, 0.717) is 29.4 Å². The molecule has 0 saturated heterocycles. The third-order valence-electron chi connectivity index (χ3n) is 4.44.